The molecular weight excluding hydrogens is 575 g/mol. The smallest absolute Gasteiger partial charge is 0.480 e. The van der Waals surface area contributed by atoms with Gasteiger partial charge in [0.15, 0.2) is 0 Å². The molecule has 1 amide bonds. The van der Waals surface area contributed by atoms with E-state index in [1.165, 1.54) is 24.3 Å². The van der Waals surface area contributed by atoms with E-state index in [4.69, 9.17) is 14.7 Å². The number of aromatic nitrogens is 1. The summed E-state index contributed by atoms with van der Waals surface area (Å²) in [5.41, 5.74) is 0.145. The standard InChI is InChI=1S/C22H27N5O6S.C2HF3O2/c28-21(25-15-19(22(29)30)27-34(31,32)17-9-2-1-3-10-17)18-14-16(33-26-18)8-4-6-12-23-20-11-5-7-13-24-20;3-2(4,5)1(6)7/h1-3,5,7,9-11,13,16,19,27H,4,6,8,12,14-15H2,(H,23,24)(H,25,28)(H,29,30);(H,6,7)/t16?,19-;/m0./s1. The van der Waals surface area contributed by atoms with E-state index in [1.54, 1.807) is 12.3 Å². The summed E-state index contributed by atoms with van der Waals surface area (Å²) < 4.78 is 58.6. The van der Waals surface area contributed by atoms with Crippen molar-refractivity contribution in [1.82, 2.24) is 15.0 Å². The Kier molecular flexibility index (Phi) is 12.5. The number of unbranched alkanes of at least 4 members (excludes halogenated alkanes) is 1. The van der Waals surface area contributed by atoms with E-state index in [9.17, 15) is 36.3 Å². The second kappa shape index (κ2) is 15.5. The molecule has 41 heavy (non-hydrogen) atoms. The molecule has 0 saturated heterocycles. The number of carboxylic acids is 2. The average molecular weight is 604 g/mol. The summed E-state index contributed by atoms with van der Waals surface area (Å²) in [5.74, 6) is -3.95. The maximum absolute atomic E-state index is 12.4. The minimum atomic E-state index is -5.08. The van der Waals surface area contributed by atoms with Crippen LogP contribution in [0.25, 0.3) is 0 Å². The maximum atomic E-state index is 12.4. The number of rotatable bonds is 13. The zero-order valence-corrected chi connectivity index (χ0v) is 22.2. The average Bonchev–Trinajstić information content (AvgIpc) is 3.40. The van der Waals surface area contributed by atoms with Crippen molar-refractivity contribution >= 4 is 39.4 Å². The van der Waals surface area contributed by atoms with Crippen molar-refractivity contribution in [3.05, 3.63) is 54.7 Å². The van der Waals surface area contributed by atoms with Gasteiger partial charge in [0, 0.05) is 25.7 Å². The number of carboxylic acid groups (broad SMARTS) is 2. The highest BCUT2D eigenvalue weighted by Gasteiger charge is 2.38. The molecule has 1 unspecified atom stereocenters. The van der Waals surface area contributed by atoms with Crippen LogP contribution in [-0.4, -0.2) is 78.6 Å². The first-order valence-corrected chi connectivity index (χ1v) is 13.5. The third-order valence-electron chi connectivity index (χ3n) is 5.28. The van der Waals surface area contributed by atoms with Crippen molar-refractivity contribution in [3.8, 4) is 0 Å². The summed E-state index contributed by atoms with van der Waals surface area (Å²) >= 11 is 0. The highest BCUT2D eigenvalue weighted by atomic mass is 32.2. The summed E-state index contributed by atoms with van der Waals surface area (Å²) in [7, 11) is -4.06. The SMILES string of the molecule is O=C(NC[C@H](NS(=O)(=O)c1ccccc1)C(=O)O)C1=NOC(CCCCNc2ccccn2)C1.O=C(O)C(F)(F)F. The maximum Gasteiger partial charge on any atom is 0.490 e. The molecule has 1 aliphatic heterocycles. The van der Waals surface area contributed by atoms with E-state index in [2.05, 4.69) is 25.5 Å². The number of nitrogens with zero attached hydrogens (tertiary/aromatic N) is 2. The van der Waals surface area contributed by atoms with Crippen LogP contribution >= 0.6 is 0 Å². The fourth-order valence-electron chi connectivity index (χ4n) is 3.23. The molecule has 0 fully saturated rings. The van der Waals surface area contributed by atoms with Crippen LogP contribution in [0.15, 0.2) is 64.8 Å². The van der Waals surface area contributed by atoms with Gasteiger partial charge in [-0.15, -0.1) is 0 Å². The number of anilines is 1. The molecule has 1 aromatic carbocycles. The molecule has 2 heterocycles. The van der Waals surface area contributed by atoms with Crippen molar-refractivity contribution in [2.75, 3.05) is 18.4 Å². The van der Waals surface area contributed by atoms with Gasteiger partial charge >= 0.3 is 18.1 Å². The molecule has 17 heteroatoms. The van der Waals surface area contributed by atoms with Gasteiger partial charge in [0.2, 0.25) is 10.0 Å². The van der Waals surface area contributed by atoms with Crippen LogP contribution < -0.4 is 15.4 Å². The lowest BCUT2D eigenvalue weighted by atomic mass is 10.1. The van der Waals surface area contributed by atoms with Crippen molar-refractivity contribution < 1.29 is 51.0 Å². The van der Waals surface area contributed by atoms with E-state index in [1.807, 2.05) is 18.2 Å². The summed E-state index contributed by atoms with van der Waals surface area (Å²) in [6.07, 6.45) is -0.847. The second-order valence-electron chi connectivity index (χ2n) is 8.45. The first-order valence-electron chi connectivity index (χ1n) is 12.1. The molecule has 0 spiro atoms. The predicted molar refractivity (Wildman–Crippen MR) is 138 cm³/mol. The van der Waals surface area contributed by atoms with Crippen molar-refractivity contribution in [3.63, 3.8) is 0 Å². The number of amides is 1. The van der Waals surface area contributed by atoms with Crippen LogP contribution in [0.2, 0.25) is 0 Å². The monoisotopic (exact) mass is 603 g/mol. The molecule has 13 nitrogen and oxygen atoms in total. The largest absolute Gasteiger partial charge is 0.490 e. The van der Waals surface area contributed by atoms with Crippen LogP contribution in [0, 0.1) is 0 Å². The first kappa shape index (κ1) is 33.0. The van der Waals surface area contributed by atoms with Gasteiger partial charge in [-0.2, -0.15) is 17.9 Å². The van der Waals surface area contributed by atoms with Gasteiger partial charge in [0.25, 0.3) is 5.91 Å². The van der Waals surface area contributed by atoms with Gasteiger partial charge in [-0.1, -0.05) is 29.4 Å². The Morgan fingerprint density at radius 3 is 2.29 bits per heavy atom. The van der Waals surface area contributed by atoms with Gasteiger partial charge in [-0.05, 0) is 43.5 Å². The van der Waals surface area contributed by atoms with Crippen LogP contribution in [0.1, 0.15) is 25.7 Å². The summed E-state index contributed by atoms with van der Waals surface area (Å²) in [5, 5.41) is 25.9. The van der Waals surface area contributed by atoms with E-state index in [-0.39, 0.29) is 16.7 Å². The molecule has 2 atom stereocenters. The molecular formula is C24H28F3N5O8S. The number of aliphatic carboxylic acids is 2. The number of hydrogen-bond acceptors (Lipinski definition) is 9. The lowest BCUT2D eigenvalue weighted by Crippen LogP contribution is -2.49. The second-order valence-corrected chi connectivity index (χ2v) is 10.2. The van der Waals surface area contributed by atoms with E-state index < -0.39 is 46.6 Å². The summed E-state index contributed by atoms with van der Waals surface area (Å²) in [6.45, 7) is 0.316. The number of alkyl halides is 3. The Bertz CT molecular complexity index is 1300. The number of sulfonamides is 1. The van der Waals surface area contributed by atoms with Crippen molar-refractivity contribution in [2.45, 2.75) is 48.9 Å². The van der Waals surface area contributed by atoms with Gasteiger partial charge in [-0.3, -0.25) is 9.59 Å². The van der Waals surface area contributed by atoms with Crippen LogP contribution in [0.5, 0.6) is 0 Å². The molecule has 1 aliphatic rings. The van der Waals surface area contributed by atoms with Gasteiger partial charge in [-0.25, -0.2) is 18.2 Å². The lowest BCUT2D eigenvalue weighted by Gasteiger charge is -2.15. The molecule has 0 radical (unpaired) electrons. The minimum absolute atomic E-state index is 0.0702. The Labute approximate surface area is 232 Å². The number of nitrogens with one attached hydrogen (secondary N) is 3. The number of benzene rings is 1. The number of hydrogen-bond donors (Lipinski definition) is 5. The fourth-order valence-corrected chi connectivity index (χ4v) is 4.44. The third-order valence-corrected chi connectivity index (χ3v) is 6.76. The van der Waals surface area contributed by atoms with Crippen LogP contribution in [-0.2, 0) is 29.2 Å². The van der Waals surface area contributed by atoms with E-state index >= 15 is 0 Å². The highest BCUT2D eigenvalue weighted by molar-refractivity contribution is 7.89. The Morgan fingerprint density at radius 2 is 1.71 bits per heavy atom. The molecule has 0 aliphatic carbocycles. The van der Waals surface area contributed by atoms with Crippen molar-refractivity contribution in [1.29, 1.82) is 0 Å². The Hall–Kier alpha value is -4.25. The zero-order valence-electron chi connectivity index (χ0n) is 21.4. The highest BCUT2D eigenvalue weighted by Crippen LogP contribution is 2.17. The molecule has 3 rings (SSSR count). The molecule has 0 bridgehead atoms. The van der Waals surface area contributed by atoms with Crippen LogP contribution in [0.4, 0.5) is 19.0 Å². The first-order chi connectivity index (χ1) is 19.3. The summed E-state index contributed by atoms with van der Waals surface area (Å²) in [6, 6.07) is 11.5. The topological polar surface area (TPSA) is 196 Å². The quantitative estimate of drug-likeness (QED) is 0.211. The lowest BCUT2D eigenvalue weighted by molar-refractivity contribution is -0.192. The number of carbonyl (C=O) groups is 3. The zero-order chi connectivity index (χ0) is 30.5. The summed E-state index contributed by atoms with van der Waals surface area (Å²) in [4.78, 5) is 42.2. The normalized spacial score (nSPS) is 15.4. The number of pyridine rings is 1. The Morgan fingerprint density at radius 1 is 1.05 bits per heavy atom. The third kappa shape index (κ3) is 11.8. The molecule has 1 aromatic heterocycles. The van der Waals surface area contributed by atoms with Gasteiger partial charge < -0.3 is 25.7 Å². The van der Waals surface area contributed by atoms with E-state index in [0.29, 0.717) is 12.8 Å². The molecule has 5 N–H and O–H groups in total. The van der Waals surface area contributed by atoms with Crippen LogP contribution in [0.3, 0.4) is 0 Å². The van der Waals surface area contributed by atoms with Crippen molar-refractivity contribution in [2.24, 2.45) is 5.16 Å². The number of oxime groups is 1. The van der Waals surface area contributed by atoms with Gasteiger partial charge in [0.05, 0.1) is 4.90 Å². The molecule has 0 saturated carbocycles. The predicted octanol–water partition coefficient (Wildman–Crippen LogP) is 1.99. The number of carbonyl (C=O) groups excluding carboxylic acids is 1. The molecule has 224 valence electrons. The van der Waals surface area contributed by atoms with Gasteiger partial charge in [0.1, 0.15) is 23.7 Å². The minimum Gasteiger partial charge on any atom is -0.480 e. The Balaban J connectivity index is 0.000000745. The fraction of sp³-hybridized carbons (Fsp3) is 0.375. The molecule has 2 aromatic rings. The van der Waals surface area contributed by atoms with E-state index in [0.717, 1.165) is 25.2 Å². The number of halogens is 3.